The Morgan fingerprint density at radius 3 is 2.53 bits per heavy atom. The number of nitrogens with one attached hydrogen (secondary N) is 3. The van der Waals surface area contributed by atoms with E-state index >= 15 is 0 Å². The molecule has 4 rings (SSSR count). The average molecular weight is 428 g/mol. The largest absolute Gasteiger partial charge is 0.353 e. The summed E-state index contributed by atoms with van der Waals surface area (Å²) in [5, 5.41) is 13.8. The Kier molecular flexibility index (Phi) is 6.72. The third kappa shape index (κ3) is 5.69. The molecule has 162 valence electrons. The van der Waals surface area contributed by atoms with Gasteiger partial charge in [0.1, 0.15) is 5.82 Å². The van der Waals surface area contributed by atoms with Gasteiger partial charge in [0, 0.05) is 36.4 Å². The van der Waals surface area contributed by atoms with Gasteiger partial charge in [0.2, 0.25) is 5.91 Å². The second-order valence-electron chi connectivity index (χ2n) is 7.33. The topological polar surface area (TPSA) is 108 Å². The molecule has 0 aliphatic heterocycles. The molecule has 0 atom stereocenters. The predicted molar refractivity (Wildman–Crippen MR) is 123 cm³/mol. The number of rotatable bonds is 9. The zero-order valence-corrected chi connectivity index (χ0v) is 17.5. The summed E-state index contributed by atoms with van der Waals surface area (Å²) < 4.78 is 1.89. The van der Waals surface area contributed by atoms with E-state index in [0.717, 1.165) is 22.4 Å². The van der Waals surface area contributed by atoms with E-state index in [1.807, 2.05) is 59.4 Å². The van der Waals surface area contributed by atoms with Crippen LogP contribution in [0.5, 0.6) is 0 Å². The Bertz CT molecular complexity index is 1240. The number of hydrogen-bond donors (Lipinski definition) is 3. The molecule has 8 nitrogen and oxygen atoms in total. The molecule has 2 aromatic carbocycles. The molecule has 0 aliphatic carbocycles. The zero-order chi connectivity index (χ0) is 22.2. The van der Waals surface area contributed by atoms with Gasteiger partial charge in [-0.25, -0.2) is 9.89 Å². The average Bonchev–Trinajstić information content (AvgIpc) is 3.42. The van der Waals surface area contributed by atoms with Crippen LogP contribution in [0.15, 0.2) is 77.7 Å². The molecule has 0 saturated heterocycles. The van der Waals surface area contributed by atoms with Crippen molar-refractivity contribution in [2.75, 3.05) is 6.54 Å². The maximum Gasteiger partial charge on any atom is 0.340 e. The summed E-state index contributed by atoms with van der Waals surface area (Å²) in [5.41, 5.74) is 3.52. The quantitative estimate of drug-likeness (QED) is 0.281. The lowest BCUT2D eigenvalue weighted by Gasteiger charge is -2.01. The van der Waals surface area contributed by atoms with Gasteiger partial charge in [-0.3, -0.25) is 14.5 Å². The molecule has 0 spiro atoms. The van der Waals surface area contributed by atoms with E-state index in [-0.39, 0.29) is 11.6 Å². The van der Waals surface area contributed by atoms with E-state index < -0.39 is 0 Å². The van der Waals surface area contributed by atoms with Crippen molar-refractivity contribution in [1.29, 1.82) is 0 Å². The van der Waals surface area contributed by atoms with Crippen molar-refractivity contribution in [3.8, 4) is 11.3 Å². The Hall–Kier alpha value is -4.20. The van der Waals surface area contributed by atoms with Crippen LogP contribution in [0.4, 0.5) is 0 Å². The van der Waals surface area contributed by atoms with Gasteiger partial charge >= 0.3 is 5.69 Å². The maximum absolute atomic E-state index is 12.3. The van der Waals surface area contributed by atoms with Crippen molar-refractivity contribution in [3.63, 3.8) is 0 Å². The third-order valence-electron chi connectivity index (χ3n) is 4.88. The molecule has 8 heteroatoms. The number of carbonyl (C=O) groups is 1. The first-order chi connectivity index (χ1) is 15.7. The van der Waals surface area contributed by atoms with E-state index in [1.54, 1.807) is 6.08 Å². The van der Waals surface area contributed by atoms with Gasteiger partial charge in [-0.2, -0.15) is 10.2 Å². The van der Waals surface area contributed by atoms with E-state index in [2.05, 4.69) is 32.6 Å². The smallest absolute Gasteiger partial charge is 0.340 e. The lowest BCUT2D eigenvalue weighted by molar-refractivity contribution is -0.116. The summed E-state index contributed by atoms with van der Waals surface area (Å²) in [6.45, 7) is 1.13. The lowest BCUT2D eigenvalue weighted by Crippen LogP contribution is -2.22. The summed E-state index contributed by atoms with van der Waals surface area (Å²) in [6.07, 6.45) is 6.51. The molecule has 32 heavy (non-hydrogen) atoms. The van der Waals surface area contributed by atoms with Crippen molar-refractivity contribution in [2.45, 2.75) is 19.4 Å². The molecule has 1 amide bonds. The molecular formula is C24H24N6O2. The molecule has 2 aromatic heterocycles. The van der Waals surface area contributed by atoms with E-state index in [9.17, 15) is 9.59 Å². The number of nitrogens with zero attached hydrogens (tertiary/aromatic N) is 3. The fraction of sp³-hybridized carbons (Fsp3) is 0.167. The minimum Gasteiger partial charge on any atom is -0.353 e. The van der Waals surface area contributed by atoms with Crippen LogP contribution in [0.25, 0.3) is 17.3 Å². The van der Waals surface area contributed by atoms with Gasteiger partial charge in [-0.15, -0.1) is 0 Å². The minimum absolute atomic E-state index is 0.185. The van der Waals surface area contributed by atoms with Crippen molar-refractivity contribution in [1.82, 2.24) is 30.3 Å². The fourth-order valence-corrected chi connectivity index (χ4v) is 3.35. The Labute approximate surface area is 185 Å². The minimum atomic E-state index is -0.325. The number of aromatic nitrogens is 5. The fourth-order valence-electron chi connectivity index (χ4n) is 3.35. The molecule has 0 saturated carbocycles. The molecule has 0 bridgehead atoms. The highest BCUT2D eigenvalue weighted by molar-refractivity contribution is 5.92. The Morgan fingerprint density at radius 1 is 1.06 bits per heavy atom. The van der Waals surface area contributed by atoms with Crippen LogP contribution >= 0.6 is 0 Å². The summed E-state index contributed by atoms with van der Waals surface area (Å²) in [5.74, 6) is 0.397. The van der Waals surface area contributed by atoms with Crippen molar-refractivity contribution in [2.24, 2.45) is 0 Å². The molecule has 0 fully saturated rings. The number of aryl methyl sites for hydroxylation is 1. The third-order valence-corrected chi connectivity index (χ3v) is 4.88. The summed E-state index contributed by atoms with van der Waals surface area (Å²) in [6, 6.07) is 20.0. The molecular weight excluding hydrogens is 404 g/mol. The highest BCUT2D eigenvalue weighted by atomic mass is 16.1. The van der Waals surface area contributed by atoms with Crippen molar-refractivity contribution in [3.05, 3.63) is 100 Å². The van der Waals surface area contributed by atoms with Crippen LogP contribution < -0.4 is 11.0 Å². The second-order valence-corrected chi connectivity index (χ2v) is 7.33. The van der Waals surface area contributed by atoms with Gasteiger partial charge in [0.05, 0.1) is 12.2 Å². The molecule has 0 radical (unpaired) electrons. The SMILES string of the molecule is O=C(/C=C/c1cn(Cc2ccccc2)nc1-c1ccccc1)NCCCc1n[nH]c(=O)[nH]1. The van der Waals surface area contributed by atoms with Crippen LogP contribution in [0.1, 0.15) is 23.4 Å². The normalized spacial score (nSPS) is 11.1. The number of carbonyl (C=O) groups excluding carboxylic acids is 1. The van der Waals surface area contributed by atoms with Crippen molar-refractivity contribution < 1.29 is 4.79 Å². The van der Waals surface area contributed by atoms with Gasteiger partial charge < -0.3 is 5.32 Å². The highest BCUT2D eigenvalue weighted by Gasteiger charge is 2.10. The number of aromatic amines is 2. The van der Waals surface area contributed by atoms with Gasteiger partial charge in [-0.1, -0.05) is 60.7 Å². The summed E-state index contributed by atoms with van der Waals surface area (Å²) >= 11 is 0. The van der Waals surface area contributed by atoms with Gasteiger partial charge in [-0.05, 0) is 18.1 Å². The Morgan fingerprint density at radius 2 is 1.81 bits per heavy atom. The first-order valence-corrected chi connectivity index (χ1v) is 10.4. The van der Waals surface area contributed by atoms with Crippen molar-refractivity contribution >= 4 is 12.0 Å². The van der Waals surface area contributed by atoms with Crippen LogP contribution in [0.2, 0.25) is 0 Å². The monoisotopic (exact) mass is 428 g/mol. The van der Waals surface area contributed by atoms with E-state index in [1.165, 1.54) is 6.08 Å². The number of H-pyrrole nitrogens is 2. The Balaban J connectivity index is 1.42. The van der Waals surface area contributed by atoms with Crippen LogP contribution in [0, 0.1) is 0 Å². The number of benzene rings is 2. The summed E-state index contributed by atoms with van der Waals surface area (Å²) in [4.78, 5) is 25.9. The van der Waals surface area contributed by atoms with Gasteiger partial charge in [0.25, 0.3) is 0 Å². The zero-order valence-electron chi connectivity index (χ0n) is 17.5. The molecule has 0 unspecified atom stereocenters. The number of hydrogen-bond acceptors (Lipinski definition) is 4. The second kappa shape index (κ2) is 10.2. The molecule has 0 aliphatic rings. The van der Waals surface area contributed by atoms with Crippen LogP contribution in [-0.4, -0.2) is 37.4 Å². The number of amides is 1. The van der Waals surface area contributed by atoms with Gasteiger partial charge in [0.15, 0.2) is 0 Å². The van der Waals surface area contributed by atoms with Crippen LogP contribution in [-0.2, 0) is 17.8 Å². The lowest BCUT2D eigenvalue weighted by atomic mass is 10.1. The van der Waals surface area contributed by atoms with Crippen LogP contribution in [0.3, 0.4) is 0 Å². The standard InChI is InChI=1S/C24H24N6O2/c31-22(25-15-7-12-21-26-24(32)28-27-21)14-13-20-17-30(16-18-8-3-1-4-9-18)29-23(20)19-10-5-2-6-11-19/h1-6,8-11,13-14,17H,7,12,15-16H2,(H,25,31)(H2,26,27,28,32)/b14-13+. The molecule has 3 N–H and O–H groups in total. The van der Waals surface area contributed by atoms with E-state index in [4.69, 9.17) is 5.10 Å². The molecule has 2 heterocycles. The predicted octanol–water partition coefficient (Wildman–Crippen LogP) is 2.77. The first kappa shape index (κ1) is 21.0. The molecule has 4 aromatic rings. The first-order valence-electron chi connectivity index (χ1n) is 10.4. The van der Waals surface area contributed by atoms with E-state index in [0.29, 0.717) is 31.8 Å². The summed E-state index contributed by atoms with van der Waals surface area (Å²) in [7, 11) is 0. The highest BCUT2D eigenvalue weighted by Crippen LogP contribution is 2.23. The maximum atomic E-state index is 12.3.